The molecule has 3 rings (SSSR count). The van der Waals surface area contributed by atoms with Crippen LogP contribution in [0.4, 0.5) is 8.78 Å². The molecule has 9 heteroatoms. The highest BCUT2D eigenvalue weighted by Crippen LogP contribution is 2.17. The van der Waals surface area contributed by atoms with E-state index in [4.69, 9.17) is 5.11 Å². The number of nitrogens with zero attached hydrogens (tertiary/aromatic N) is 4. The van der Waals surface area contributed by atoms with Gasteiger partial charge in [0.05, 0.1) is 5.69 Å². The number of carboxylic acid groups (broad SMARTS) is 1. The number of benzene rings is 1. The zero-order valence-electron chi connectivity index (χ0n) is 15.8. The molecule has 0 fully saturated rings. The highest BCUT2D eigenvalue weighted by atomic mass is 19.1. The Kier molecular flexibility index (Phi) is 5.67. The molecule has 2 heterocycles. The third-order valence-corrected chi connectivity index (χ3v) is 4.29. The molecule has 0 aliphatic carbocycles. The average molecular weight is 400 g/mol. The van der Waals surface area contributed by atoms with Crippen molar-refractivity contribution in [2.75, 3.05) is 0 Å². The van der Waals surface area contributed by atoms with E-state index in [1.165, 1.54) is 17.2 Å². The lowest BCUT2D eigenvalue weighted by atomic mass is 10.1. The third kappa shape index (κ3) is 4.81. The number of carboxylic acids is 1. The summed E-state index contributed by atoms with van der Waals surface area (Å²) >= 11 is 0. The number of carbonyl (C=O) groups excluding carboxylic acids is 1. The molecule has 0 aliphatic heterocycles. The number of rotatable bonds is 6. The summed E-state index contributed by atoms with van der Waals surface area (Å²) in [6.45, 7) is 2.01. The average Bonchev–Trinajstić information content (AvgIpc) is 2.97. The molecule has 0 radical (unpaired) electrons. The summed E-state index contributed by atoms with van der Waals surface area (Å²) < 4.78 is 28.8. The lowest BCUT2D eigenvalue weighted by Crippen LogP contribution is -2.30. The highest BCUT2D eigenvalue weighted by molar-refractivity contribution is 5.94. The van der Waals surface area contributed by atoms with Crippen LogP contribution in [0.15, 0.2) is 42.7 Å². The maximum Gasteiger partial charge on any atom is 0.354 e. The van der Waals surface area contributed by atoms with Crippen molar-refractivity contribution in [3.63, 3.8) is 0 Å². The van der Waals surface area contributed by atoms with Crippen LogP contribution >= 0.6 is 0 Å². The van der Waals surface area contributed by atoms with E-state index in [2.05, 4.69) is 10.1 Å². The molecule has 150 valence electrons. The van der Waals surface area contributed by atoms with Gasteiger partial charge in [-0.3, -0.25) is 9.48 Å². The fraction of sp³-hybridized carbons (Fsp3) is 0.200. The molecule has 0 spiro atoms. The van der Waals surface area contributed by atoms with Crippen LogP contribution in [0.25, 0.3) is 0 Å². The van der Waals surface area contributed by atoms with Gasteiger partial charge in [-0.2, -0.15) is 5.10 Å². The van der Waals surface area contributed by atoms with E-state index in [0.29, 0.717) is 11.6 Å². The lowest BCUT2D eigenvalue weighted by Gasteiger charge is -2.23. The number of hydrogen-bond donors (Lipinski definition) is 1. The second-order valence-corrected chi connectivity index (χ2v) is 6.59. The Balaban J connectivity index is 1.93. The number of hydrogen-bond acceptors (Lipinski definition) is 4. The van der Waals surface area contributed by atoms with Crippen LogP contribution in [-0.4, -0.2) is 36.6 Å². The highest BCUT2D eigenvalue weighted by Gasteiger charge is 2.20. The molecule has 1 aromatic carbocycles. The van der Waals surface area contributed by atoms with Crippen molar-refractivity contribution in [2.45, 2.75) is 20.0 Å². The first-order valence-corrected chi connectivity index (χ1v) is 8.65. The second-order valence-electron chi connectivity index (χ2n) is 6.59. The van der Waals surface area contributed by atoms with E-state index in [-0.39, 0.29) is 24.3 Å². The quantitative estimate of drug-likeness (QED) is 0.687. The largest absolute Gasteiger partial charge is 0.477 e. The van der Waals surface area contributed by atoms with Crippen LogP contribution in [-0.2, 0) is 20.1 Å². The number of amides is 1. The van der Waals surface area contributed by atoms with Gasteiger partial charge in [0.25, 0.3) is 5.91 Å². The van der Waals surface area contributed by atoms with Gasteiger partial charge in [-0.1, -0.05) is 6.07 Å². The molecular formula is C20H18F2N4O3. The molecule has 0 aliphatic rings. The van der Waals surface area contributed by atoms with E-state index in [0.717, 1.165) is 23.4 Å². The van der Waals surface area contributed by atoms with Gasteiger partial charge >= 0.3 is 5.97 Å². The lowest BCUT2D eigenvalue weighted by molar-refractivity contribution is 0.0687. The molecule has 0 atom stereocenters. The van der Waals surface area contributed by atoms with Crippen molar-refractivity contribution in [1.29, 1.82) is 0 Å². The minimum Gasteiger partial charge on any atom is -0.477 e. The zero-order chi connectivity index (χ0) is 21.1. The van der Waals surface area contributed by atoms with Gasteiger partial charge in [-0.15, -0.1) is 0 Å². The van der Waals surface area contributed by atoms with Gasteiger partial charge in [-0.05, 0) is 30.7 Å². The molecule has 3 aromatic rings. The van der Waals surface area contributed by atoms with Crippen LogP contribution in [0.3, 0.4) is 0 Å². The van der Waals surface area contributed by atoms with Crippen molar-refractivity contribution >= 4 is 11.9 Å². The summed E-state index contributed by atoms with van der Waals surface area (Å²) in [7, 11) is 1.75. The zero-order valence-corrected chi connectivity index (χ0v) is 15.8. The van der Waals surface area contributed by atoms with Crippen LogP contribution in [0.5, 0.6) is 0 Å². The van der Waals surface area contributed by atoms with Crippen LogP contribution < -0.4 is 0 Å². The predicted molar refractivity (Wildman–Crippen MR) is 99.1 cm³/mol. The minimum absolute atomic E-state index is 0.0677. The van der Waals surface area contributed by atoms with E-state index in [9.17, 15) is 18.4 Å². The molecular weight excluding hydrogens is 382 g/mol. The molecule has 1 amide bonds. The maximum atomic E-state index is 13.6. The van der Waals surface area contributed by atoms with Crippen molar-refractivity contribution in [1.82, 2.24) is 19.7 Å². The van der Waals surface area contributed by atoms with E-state index >= 15 is 0 Å². The van der Waals surface area contributed by atoms with Crippen molar-refractivity contribution in [3.05, 3.63) is 82.4 Å². The Labute approximate surface area is 165 Å². The van der Waals surface area contributed by atoms with E-state index in [1.807, 2.05) is 0 Å². The Morgan fingerprint density at radius 2 is 1.83 bits per heavy atom. The summed E-state index contributed by atoms with van der Waals surface area (Å²) in [4.78, 5) is 29.2. The van der Waals surface area contributed by atoms with Crippen LogP contribution in [0.2, 0.25) is 0 Å². The summed E-state index contributed by atoms with van der Waals surface area (Å²) in [5.74, 6) is -3.43. The molecule has 0 bridgehead atoms. The molecule has 0 saturated heterocycles. The normalized spacial score (nSPS) is 10.8. The number of aromatic carboxylic acids is 1. The molecule has 7 nitrogen and oxygen atoms in total. The summed E-state index contributed by atoms with van der Waals surface area (Å²) in [5.41, 5.74) is 1.81. The molecule has 29 heavy (non-hydrogen) atoms. The van der Waals surface area contributed by atoms with E-state index in [1.54, 1.807) is 30.9 Å². The van der Waals surface area contributed by atoms with Crippen LogP contribution in [0.1, 0.15) is 37.7 Å². The fourth-order valence-electron chi connectivity index (χ4n) is 2.93. The van der Waals surface area contributed by atoms with Crippen molar-refractivity contribution in [2.24, 2.45) is 7.05 Å². The third-order valence-electron chi connectivity index (χ3n) is 4.29. The SMILES string of the molecule is Cc1nn(C)cc1CN(Cc1ccc(C(=O)O)nc1)C(=O)c1cc(F)cc(F)c1. The summed E-state index contributed by atoms with van der Waals surface area (Å²) in [6, 6.07) is 5.51. The standard InChI is InChI=1S/C20H18F2N4O3/c1-12-15(10-25(2)24-12)11-26(9-13-3-4-18(20(28)29)23-8-13)19(27)14-5-16(21)7-17(22)6-14/h3-8,10H,9,11H2,1-2H3,(H,28,29). The van der Waals surface area contributed by atoms with Gasteiger partial charge in [0.15, 0.2) is 0 Å². The van der Waals surface area contributed by atoms with Gasteiger partial charge in [0.2, 0.25) is 0 Å². The first-order chi connectivity index (χ1) is 13.7. The van der Waals surface area contributed by atoms with E-state index < -0.39 is 23.5 Å². The molecule has 0 saturated carbocycles. The summed E-state index contributed by atoms with van der Waals surface area (Å²) in [5, 5.41) is 13.2. The van der Waals surface area contributed by atoms with Gasteiger partial charge in [-0.25, -0.2) is 18.6 Å². The Hall–Kier alpha value is -3.62. The number of halogens is 2. The Bertz CT molecular complexity index is 1040. The van der Waals surface area contributed by atoms with Gasteiger partial charge in [0.1, 0.15) is 17.3 Å². The number of carbonyl (C=O) groups is 2. The smallest absolute Gasteiger partial charge is 0.354 e. The Morgan fingerprint density at radius 1 is 1.14 bits per heavy atom. The first-order valence-electron chi connectivity index (χ1n) is 8.65. The topological polar surface area (TPSA) is 88.3 Å². The maximum absolute atomic E-state index is 13.6. The van der Waals surface area contributed by atoms with Gasteiger partial charge in [0, 0.05) is 49.7 Å². The number of aromatic nitrogens is 3. The number of pyridine rings is 1. The van der Waals surface area contributed by atoms with Crippen molar-refractivity contribution < 1.29 is 23.5 Å². The predicted octanol–water partition coefficient (Wildman–Crippen LogP) is 2.94. The summed E-state index contributed by atoms with van der Waals surface area (Å²) in [6.07, 6.45) is 3.11. The van der Waals surface area contributed by atoms with Gasteiger partial charge < -0.3 is 10.0 Å². The minimum atomic E-state index is -1.16. The Morgan fingerprint density at radius 3 is 2.34 bits per heavy atom. The fourth-order valence-corrected chi connectivity index (χ4v) is 2.93. The second kappa shape index (κ2) is 8.17. The van der Waals surface area contributed by atoms with Crippen molar-refractivity contribution in [3.8, 4) is 0 Å². The number of aryl methyl sites for hydroxylation is 2. The molecule has 0 unspecified atom stereocenters. The van der Waals surface area contributed by atoms with Crippen LogP contribution in [0, 0.1) is 18.6 Å². The monoisotopic (exact) mass is 400 g/mol. The molecule has 1 N–H and O–H groups in total. The first kappa shape index (κ1) is 20.1. The molecule has 2 aromatic heterocycles.